The van der Waals surface area contributed by atoms with Gasteiger partial charge in [-0.25, -0.2) is 0 Å². The topological polar surface area (TPSA) is 40.5 Å². The molecule has 0 rings (SSSR count). The zero-order chi connectivity index (χ0) is 11.1. The van der Waals surface area contributed by atoms with Crippen molar-refractivity contribution in [2.75, 3.05) is 13.1 Å². The molecule has 82 valence electrons. The van der Waals surface area contributed by atoms with Gasteiger partial charge in [0.25, 0.3) is 0 Å². The first-order valence-corrected chi connectivity index (χ1v) is 5.52. The summed E-state index contributed by atoms with van der Waals surface area (Å²) >= 11 is 3.31. The molecule has 0 saturated heterocycles. The van der Waals surface area contributed by atoms with Crippen molar-refractivity contribution in [3.8, 4) is 0 Å². The van der Waals surface area contributed by atoms with E-state index in [1.807, 2.05) is 0 Å². The normalized spacial score (nSPS) is 10.9. The third-order valence-electron chi connectivity index (χ3n) is 1.94. The van der Waals surface area contributed by atoms with Crippen LogP contribution in [0.3, 0.4) is 0 Å². The SMILES string of the molecule is C=C(Br)CN(CCCC(=O)O)C(C)C. The van der Waals surface area contributed by atoms with E-state index in [0.717, 1.165) is 17.6 Å². The third-order valence-corrected chi connectivity index (χ3v) is 2.19. The van der Waals surface area contributed by atoms with E-state index < -0.39 is 5.97 Å². The first-order valence-electron chi connectivity index (χ1n) is 4.72. The Balaban J connectivity index is 3.85. The van der Waals surface area contributed by atoms with E-state index in [2.05, 4.69) is 41.3 Å². The predicted molar refractivity (Wildman–Crippen MR) is 61.6 cm³/mol. The lowest BCUT2D eigenvalue weighted by Crippen LogP contribution is -2.33. The van der Waals surface area contributed by atoms with E-state index in [1.165, 1.54) is 0 Å². The Kier molecular flexibility index (Phi) is 6.83. The number of nitrogens with zero attached hydrogens (tertiary/aromatic N) is 1. The van der Waals surface area contributed by atoms with E-state index in [1.54, 1.807) is 0 Å². The Morgan fingerprint density at radius 3 is 2.50 bits per heavy atom. The van der Waals surface area contributed by atoms with Gasteiger partial charge in [-0.05, 0) is 26.8 Å². The van der Waals surface area contributed by atoms with Crippen LogP contribution in [0.15, 0.2) is 11.1 Å². The van der Waals surface area contributed by atoms with E-state index in [9.17, 15) is 4.79 Å². The second kappa shape index (κ2) is 7.01. The quantitative estimate of drug-likeness (QED) is 0.768. The second-order valence-corrected chi connectivity index (χ2v) is 4.70. The summed E-state index contributed by atoms with van der Waals surface area (Å²) < 4.78 is 0.932. The first kappa shape index (κ1) is 13.7. The van der Waals surface area contributed by atoms with E-state index in [4.69, 9.17) is 5.11 Å². The maximum atomic E-state index is 10.3. The number of halogens is 1. The van der Waals surface area contributed by atoms with Gasteiger partial charge < -0.3 is 5.11 Å². The predicted octanol–water partition coefficient (Wildman–Crippen LogP) is 2.47. The lowest BCUT2D eigenvalue weighted by molar-refractivity contribution is -0.137. The molecule has 0 bridgehead atoms. The molecule has 3 nitrogen and oxygen atoms in total. The highest BCUT2D eigenvalue weighted by Gasteiger charge is 2.10. The summed E-state index contributed by atoms with van der Waals surface area (Å²) in [6.07, 6.45) is 0.922. The molecule has 0 aliphatic rings. The molecular formula is C10H18BrNO2. The molecule has 0 aromatic heterocycles. The summed E-state index contributed by atoms with van der Waals surface area (Å²) in [5.41, 5.74) is 0. The van der Waals surface area contributed by atoms with Gasteiger partial charge in [0.05, 0.1) is 0 Å². The van der Waals surface area contributed by atoms with Crippen molar-refractivity contribution in [3.63, 3.8) is 0 Å². The minimum Gasteiger partial charge on any atom is -0.481 e. The van der Waals surface area contributed by atoms with Crippen LogP contribution in [0.4, 0.5) is 0 Å². The van der Waals surface area contributed by atoms with Crippen molar-refractivity contribution in [1.82, 2.24) is 4.90 Å². The van der Waals surface area contributed by atoms with Gasteiger partial charge in [0, 0.05) is 23.5 Å². The summed E-state index contributed by atoms with van der Waals surface area (Å²) in [5.74, 6) is -0.730. The molecule has 0 unspecified atom stereocenters. The molecule has 4 heteroatoms. The fourth-order valence-electron chi connectivity index (χ4n) is 1.17. The highest BCUT2D eigenvalue weighted by atomic mass is 79.9. The minimum absolute atomic E-state index is 0.234. The third kappa shape index (κ3) is 7.09. The molecule has 0 amide bonds. The minimum atomic E-state index is -0.730. The van der Waals surface area contributed by atoms with Gasteiger partial charge in [-0.3, -0.25) is 9.69 Å². The standard InChI is InChI=1S/C10H18BrNO2/c1-8(2)12(7-9(3)11)6-4-5-10(13)14/h8H,3-7H2,1-2H3,(H,13,14). The van der Waals surface area contributed by atoms with E-state index in [0.29, 0.717) is 12.5 Å². The van der Waals surface area contributed by atoms with Gasteiger partial charge in [-0.2, -0.15) is 0 Å². The number of aliphatic carboxylic acids is 1. The van der Waals surface area contributed by atoms with Crippen molar-refractivity contribution in [3.05, 3.63) is 11.1 Å². The second-order valence-electron chi connectivity index (χ2n) is 3.58. The molecule has 14 heavy (non-hydrogen) atoms. The Hall–Kier alpha value is -0.350. The van der Waals surface area contributed by atoms with Crippen molar-refractivity contribution >= 4 is 21.9 Å². The molecule has 0 saturated carbocycles. The number of carbonyl (C=O) groups is 1. The van der Waals surface area contributed by atoms with Crippen LogP contribution in [0.25, 0.3) is 0 Å². The molecule has 0 atom stereocenters. The van der Waals surface area contributed by atoms with Crippen LogP contribution in [0.2, 0.25) is 0 Å². The molecule has 1 N–H and O–H groups in total. The van der Waals surface area contributed by atoms with Crippen LogP contribution in [0, 0.1) is 0 Å². The van der Waals surface area contributed by atoms with E-state index >= 15 is 0 Å². The van der Waals surface area contributed by atoms with Crippen LogP contribution in [0.1, 0.15) is 26.7 Å². The summed E-state index contributed by atoms with van der Waals surface area (Å²) in [7, 11) is 0. The monoisotopic (exact) mass is 263 g/mol. The van der Waals surface area contributed by atoms with Crippen molar-refractivity contribution in [2.45, 2.75) is 32.7 Å². The highest BCUT2D eigenvalue weighted by molar-refractivity contribution is 9.11. The summed E-state index contributed by atoms with van der Waals surface area (Å²) in [4.78, 5) is 12.5. The Labute approximate surface area is 93.9 Å². The van der Waals surface area contributed by atoms with Crippen molar-refractivity contribution in [2.24, 2.45) is 0 Å². The van der Waals surface area contributed by atoms with Crippen molar-refractivity contribution < 1.29 is 9.90 Å². The molecule has 0 heterocycles. The Morgan fingerprint density at radius 1 is 1.57 bits per heavy atom. The number of hydrogen-bond acceptors (Lipinski definition) is 2. The number of rotatable bonds is 7. The number of carboxylic acids is 1. The summed E-state index contributed by atoms with van der Waals surface area (Å²) in [6.45, 7) is 9.54. The smallest absolute Gasteiger partial charge is 0.303 e. The summed E-state index contributed by atoms with van der Waals surface area (Å²) in [6, 6.07) is 0.415. The summed E-state index contributed by atoms with van der Waals surface area (Å²) in [5, 5.41) is 8.50. The first-order chi connectivity index (χ1) is 6.43. The van der Waals surface area contributed by atoms with Crippen LogP contribution in [-0.2, 0) is 4.79 Å². The van der Waals surface area contributed by atoms with Crippen molar-refractivity contribution in [1.29, 1.82) is 0 Å². The average molecular weight is 264 g/mol. The highest BCUT2D eigenvalue weighted by Crippen LogP contribution is 2.09. The van der Waals surface area contributed by atoms with Gasteiger partial charge >= 0.3 is 5.97 Å². The number of hydrogen-bond donors (Lipinski definition) is 1. The van der Waals surface area contributed by atoms with Gasteiger partial charge in [-0.1, -0.05) is 22.5 Å². The Morgan fingerprint density at radius 2 is 2.14 bits per heavy atom. The van der Waals surface area contributed by atoms with Gasteiger partial charge in [0.15, 0.2) is 0 Å². The molecule has 0 aromatic rings. The van der Waals surface area contributed by atoms with Gasteiger partial charge in [-0.15, -0.1) is 0 Å². The van der Waals surface area contributed by atoms with Crippen LogP contribution in [-0.4, -0.2) is 35.1 Å². The molecule has 0 spiro atoms. The maximum Gasteiger partial charge on any atom is 0.303 e. The van der Waals surface area contributed by atoms with Gasteiger partial charge in [0.2, 0.25) is 0 Å². The van der Waals surface area contributed by atoms with Crippen LogP contribution < -0.4 is 0 Å². The number of carboxylic acid groups (broad SMARTS) is 1. The zero-order valence-corrected chi connectivity index (χ0v) is 10.4. The molecule has 0 aliphatic heterocycles. The fourth-order valence-corrected chi connectivity index (χ4v) is 1.50. The Bertz CT molecular complexity index is 204. The molecule has 0 fully saturated rings. The zero-order valence-electron chi connectivity index (χ0n) is 8.79. The van der Waals surface area contributed by atoms with Crippen LogP contribution in [0.5, 0.6) is 0 Å². The lowest BCUT2D eigenvalue weighted by Gasteiger charge is -2.25. The fraction of sp³-hybridized carbons (Fsp3) is 0.700. The molecule has 0 aromatic carbocycles. The van der Waals surface area contributed by atoms with Gasteiger partial charge in [0.1, 0.15) is 0 Å². The maximum absolute atomic E-state index is 10.3. The molecule has 0 aliphatic carbocycles. The van der Waals surface area contributed by atoms with E-state index in [-0.39, 0.29) is 6.42 Å². The molecular weight excluding hydrogens is 246 g/mol. The largest absolute Gasteiger partial charge is 0.481 e. The molecule has 0 radical (unpaired) electrons. The average Bonchev–Trinajstić information content (AvgIpc) is 2.00. The lowest BCUT2D eigenvalue weighted by atomic mass is 10.2. The van der Waals surface area contributed by atoms with Crippen LogP contribution >= 0.6 is 15.9 Å².